The summed E-state index contributed by atoms with van der Waals surface area (Å²) in [5.74, 6) is 3.25. The Labute approximate surface area is 117 Å². The lowest BCUT2D eigenvalue weighted by Crippen LogP contribution is -2.29. The molecule has 2 bridgehead atoms. The third-order valence-electron chi connectivity index (χ3n) is 4.36. The smallest absolute Gasteiger partial charge is 0.245 e. The number of nitrogens with zero attached hydrogens (tertiary/aromatic N) is 4. The summed E-state index contributed by atoms with van der Waals surface area (Å²) < 4.78 is 0. The summed E-state index contributed by atoms with van der Waals surface area (Å²) in [6.07, 6.45) is 5.57. The molecule has 3 atom stereocenters. The molecule has 0 amide bonds. The Balaban J connectivity index is 1.71. The van der Waals surface area contributed by atoms with Crippen molar-refractivity contribution in [3.63, 3.8) is 0 Å². The topological polar surface area (TPSA) is 41.9 Å². The van der Waals surface area contributed by atoms with Gasteiger partial charge in [0.05, 0.1) is 0 Å². The Morgan fingerprint density at radius 2 is 2.06 bits per heavy atom. The molecule has 3 unspecified atom stereocenters. The van der Waals surface area contributed by atoms with Crippen LogP contribution in [0.3, 0.4) is 0 Å². The van der Waals surface area contributed by atoms with Crippen LogP contribution in [-0.4, -0.2) is 28.8 Å². The monoisotopic (exact) mass is 286 g/mol. The molecule has 0 aliphatic heterocycles. The second-order valence-electron chi connectivity index (χ2n) is 5.51. The van der Waals surface area contributed by atoms with Crippen LogP contribution in [0.2, 0.25) is 10.4 Å². The number of aromatic nitrogens is 3. The van der Waals surface area contributed by atoms with E-state index in [1.54, 1.807) is 0 Å². The number of halogens is 2. The first-order chi connectivity index (χ1) is 8.63. The molecule has 2 fully saturated rings. The van der Waals surface area contributed by atoms with E-state index in [9.17, 15) is 0 Å². The molecule has 3 rings (SSSR count). The van der Waals surface area contributed by atoms with E-state index in [4.69, 9.17) is 23.2 Å². The van der Waals surface area contributed by atoms with Crippen molar-refractivity contribution in [1.82, 2.24) is 15.2 Å². The summed E-state index contributed by atoms with van der Waals surface area (Å²) in [4.78, 5) is 6.23. The highest BCUT2D eigenvalue weighted by Crippen LogP contribution is 2.48. The van der Waals surface area contributed by atoms with Crippen molar-refractivity contribution in [1.29, 1.82) is 0 Å². The van der Waals surface area contributed by atoms with Crippen LogP contribution < -0.4 is 4.90 Å². The zero-order valence-corrected chi connectivity index (χ0v) is 11.8. The molecule has 1 aromatic rings. The normalized spacial score (nSPS) is 29.8. The van der Waals surface area contributed by atoms with Crippen molar-refractivity contribution in [2.24, 2.45) is 17.8 Å². The van der Waals surface area contributed by atoms with Gasteiger partial charge in [0.25, 0.3) is 0 Å². The maximum absolute atomic E-state index is 6.02. The Kier molecular flexibility index (Phi) is 3.32. The average Bonchev–Trinajstić information content (AvgIpc) is 2.94. The first-order valence-corrected chi connectivity index (χ1v) is 7.16. The highest BCUT2D eigenvalue weighted by atomic mass is 35.5. The van der Waals surface area contributed by atoms with Crippen molar-refractivity contribution >= 4 is 29.0 Å². The molecule has 2 saturated carbocycles. The fourth-order valence-corrected chi connectivity index (χ4v) is 3.91. The third kappa shape index (κ3) is 2.28. The van der Waals surface area contributed by atoms with Crippen LogP contribution in [0.25, 0.3) is 0 Å². The number of fused-ring (bicyclic) bond motifs is 2. The number of rotatable bonds is 3. The van der Waals surface area contributed by atoms with Crippen LogP contribution in [0.1, 0.15) is 25.7 Å². The van der Waals surface area contributed by atoms with Gasteiger partial charge in [-0.05, 0) is 48.6 Å². The predicted molar refractivity (Wildman–Crippen MR) is 72.1 cm³/mol. The molecule has 2 aliphatic rings. The molecule has 1 heterocycles. The van der Waals surface area contributed by atoms with Gasteiger partial charge in [0.15, 0.2) is 11.0 Å². The second-order valence-corrected chi connectivity index (χ2v) is 6.21. The highest BCUT2D eigenvalue weighted by Gasteiger charge is 2.39. The van der Waals surface area contributed by atoms with Gasteiger partial charge < -0.3 is 4.90 Å². The molecule has 0 radical (unpaired) electrons. The fraction of sp³-hybridized carbons (Fsp3) is 0.750. The van der Waals surface area contributed by atoms with E-state index in [1.807, 2.05) is 7.05 Å². The third-order valence-corrected chi connectivity index (χ3v) is 4.76. The quantitative estimate of drug-likeness (QED) is 0.857. The van der Waals surface area contributed by atoms with Crippen molar-refractivity contribution in [3.8, 4) is 0 Å². The van der Waals surface area contributed by atoms with E-state index in [2.05, 4.69) is 20.1 Å². The van der Waals surface area contributed by atoms with Gasteiger partial charge in [-0.3, -0.25) is 0 Å². The largest absolute Gasteiger partial charge is 0.357 e. The SMILES string of the molecule is CN(CC1CC2CCC1C2)c1nc(Cl)nnc1Cl. The molecule has 2 aliphatic carbocycles. The minimum atomic E-state index is 0.147. The maximum atomic E-state index is 6.02. The van der Waals surface area contributed by atoms with E-state index in [1.165, 1.54) is 25.7 Å². The molecule has 1 aromatic heterocycles. The molecule has 4 nitrogen and oxygen atoms in total. The molecular weight excluding hydrogens is 271 g/mol. The van der Waals surface area contributed by atoms with Crippen LogP contribution in [0.4, 0.5) is 5.82 Å². The summed E-state index contributed by atoms with van der Waals surface area (Å²) >= 11 is 11.8. The predicted octanol–water partition coefficient (Wildman–Crippen LogP) is 3.05. The van der Waals surface area contributed by atoms with Gasteiger partial charge in [-0.25, -0.2) is 0 Å². The standard InChI is InChI=1S/C12H16Cl2N4/c1-18(11-10(13)16-17-12(14)15-11)6-9-5-7-2-3-8(9)4-7/h7-9H,2-6H2,1H3. The van der Waals surface area contributed by atoms with Crippen LogP contribution in [0.15, 0.2) is 0 Å². The van der Waals surface area contributed by atoms with Crippen LogP contribution in [-0.2, 0) is 0 Å². The first kappa shape index (κ1) is 12.4. The van der Waals surface area contributed by atoms with E-state index in [-0.39, 0.29) is 5.28 Å². The Bertz CT molecular complexity index is 454. The molecular formula is C12H16Cl2N4. The minimum absolute atomic E-state index is 0.147. The first-order valence-electron chi connectivity index (χ1n) is 6.40. The van der Waals surface area contributed by atoms with Crippen molar-refractivity contribution in [3.05, 3.63) is 10.4 Å². The molecule has 18 heavy (non-hydrogen) atoms. The van der Waals surface area contributed by atoms with E-state index in [0.717, 1.165) is 24.3 Å². The van der Waals surface area contributed by atoms with E-state index < -0.39 is 0 Å². The van der Waals surface area contributed by atoms with Gasteiger partial charge >= 0.3 is 0 Å². The van der Waals surface area contributed by atoms with Crippen molar-refractivity contribution in [2.75, 3.05) is 18.5 Å². The summed E-state index contributed by atoms with van der Waals surface area (Å²) in [6, 6.07) is 0. The lowest BCUT2D eigenvalue weighted by molar-refractivity contribution is 0.337. The summed E-state index contributed by atoms with van der Waals surface area (Å²) in [6.45, 7) is 0.982. The minimum Gasteiger partial charge on any atom is -0.357 e. The fourth-order valence-electron chi connectivity index (χ4n) is 3.57. The zero-order chi connectivity index (χ0) is 12.7. The molecule has 0 saturated heterocycles. The summed E-state index contributed by atoms with van der Waals surface area (Å²) in [5.41, 5.74) is 0. The zero-order valence-electron chi connectivity index (χ0n) is 10.3. The van der Waals surface area contributed by atoms with Gasteiger partial charge in [-0.2, -0.15) is 4.98 Å². The van der Waals surface area contributed by atoms with Gasteiger partial charge in [-0.15, -0.1) is 10.2 Å². The van der Waals surface area contributed by atoms with E-state index >= 15 is 0 Å². The summed E-state index contributed by atoms with van der Waals surface area (Å²) in [7, 11) is 2.00. The average molecular weight is 287 g/mol. The number of hydrogen-bond donors (Lipinski definition) is 0. The summed E-state index contributed by atoms with van der Waals surface area (Å²) in [5, 5.41) is 7.91. The number of hydrogen-bond acceptors (Lipinski definition) is 4. The van der Waals surface area contributed by atoms with Crippen LogP contribution in [0, 0.1) is 17.8 Å². The van der Waals surface area contributed by atoms with Gasteiger partial charge in [0.2, 0.25) is 5.28 Å². The molecule has 98 valence electrons. The Morgan fingerprint density at radius 3 is 2.72 bits per heavy atom. The molecule has 0 aromatic carbocycles. The van der Waals surface area contributed by atoms with Crippen molar-refractivity contribution < 1.29 is 0 Å². The lowest BCUT2D eigenvalue weighted by Gasteiger charge is -2.27. The van der Waals surface area contributed by atoms with Gasteiger partial charge in [-0.1, -0.05) is 18.0 Å². The van der Waals surface area contributed by atoms with Gasteiger partial charge in [0, 0.05) is 13.6 Å². The Hall–Kier alpha value is -0.610. The van der Waals surface area contributed by atoms with Crippen LogP contribution >= 0.6 is 23.2 Å². The van der Waals surface area contributed by atoms with Crippen LogP contribution in [0.5, 0.6) is 0 Å². The highest BCUT2D eigenvalue weighted by molar-refractivity contribution is 6.32. The second kappa shape index (κ2) is 4.82. The Morgan fingerprint density at radius 1 is 1.22 bits per heavy atom. The van der Waals surface area contributed by atoms with E-state index in [0.29, 0.717) is 11.0 Å². The van der Waals surface area contributed by atoms with Gasteiger partial charge in [0.1, 0.15) is 0 Å². The lowest BCUT2D eigenvalue weighted by atomic mass is 9.88. The number of anilines is 1. The van der Waals surface area contributed by atoms with Crippen molar-refractivity contribution in [2.45, 2.75) is 25.7 Å². The molecule has 6 heteroatoms. The molecule has 0 N–H and O–H groups in total. The maximum Gasteiger partial charge on any atom is 0.245 e. The molecule has 0 spiro atoms.